The molecule has 8 heteroatoms. The lowest BCUT2D eigenvalue weighted by atomic mass is 10.2. The maximum Gasteiger partial charge on any atom is 0.252 e. The second-order valence-corrected chi connectivity index (χ2v) is 8.29. The van der Waals surface area contributed by atoms with Gasteiger partial charge in [-0.05, 0) is 51.5 Å². The van der Waals surface area contributed by atoms with Crippen LogP contribution in [-0.2, 0) is 6.54 Å². The van der Waals surface area contributed by atoms with Crippen molar-refractivity contribution in [2.45, 2.75) is 34.2 Å². The Labute approximate surface area is 173 Å². The fourth-order valence-corrected chi connectivity index (χ4v) is 4.23. The first-order chi connectivity index (χ1) is 13.3. The molecule has 0 bridgehead atoms. The number of rotatable bonds is 7. The molecule has 0 spiro atoms. The maximum absolute atomic E-state index is 11.8. The van der Waals surface area contributed by atoms with Crippen molar-refractivity contribution < 1.29 is 14.4 Å². The minimum absolute atomic E-state index is 0.222. The first-order valence-electron chi connectivity index (χ1n) is 9.21. The van der Waals surface area contributed by atoms with Gasteiger partial charge >= 0.3 is 0 Å². The third kappa shape index (κ3) is 4.11. The Kier molecular flexibility index (Phi) is 6.17. The van der Waals surface area contributed by atoms with Crippen molar-refractivity contribution in [2.75, 3.05) is 13.1 Å². The van der Waals surface area contributed by atoms with Gasteiger partial charge in [0.05, 0.1) is 24.0 Å². The summed E-state index contributed by atoms with van der Waals surface area (Å²) in [7, 11) is 0. The Morgan fingerprint density at radius 3 is 2.61 bits per heavy atom. The summed E-state index contributed by atoms with van der Waals surface area (Å²) in [4.78, 5) is 24.7. The van der Waals surface area contributed by atoms with Crippen molar-refractivity contribution >= 4 is 39.1 Å². The Balaban J connectivity index is 2.12. The zero-order valence-electron chi connectivity index (χ0n) is 16.4. The van der Waals surface area contributed by atoms with Gasteiger partial charge in [0.2, 0.25) is 5.88 Å². The van der Waals surface area contributed by atoms with E-state index >= 15 is 0 Å². The lowest BCUT2D eigenvalue weighted by Crippen LogP contribution is -3.10. The summed E-state index contributed by atoms with van der Waals surface area (Å²) < 4.78 is 6.11. The lowest BCUT2D eigenvalue weighted by Gasteiger charge is -2.15. The molecular weight excluding hydrogens is 396 g/mol. The second-order valence-electron chi connectivity index (χ2n) is 6.65. The van der Waals surface area contributed by atoms with E-state index in [4.69, 9.17) is 32.0 Å². The molecule has 148 valence electrons. The van der Waals surface area contributed by atoms with Gasteiger partial charge in [-0.1, -0.05) is 11.6 Å². The summed E-state index contributed by atoms with van der Waals surface area (Å²) in [5.74, 6) is 0.894. The Hall–Kier alpha value is -2.22. The molecule has 28 heavy (non-hydrogen) atoms. The Bertz CT molecular complexity index is 1030. The highest BCUT2D eigenvalue weighted by Crippen LogP contribution is 2.37. The molecule has 3 rings (SSSR count). The normalized spacial score (nSPS) is 11.4. The second kappa shape index (κ2) is 8.43. The lowest BCUT2D eigenvalue weighted by molar-refractivity contribution is -0.910. The number of quaternary nitrogens is 1. The fourth-order valence-electron chi connectivity index (χ4n) is 3.02. The number of nitrogens with zero attached hydrogens (tertiary/aromatic N) is 2. The SMILES string of the molecule is CC[NH+](CC)Cc1nc(Oc2ccc(Cl)cc2C(N)=O)c2c(C)c(C)sc2n1. The topological polar surface area (TPSA) is 82.5 Å². The van der Waals surface area contributed by atoms with E-state index in [1.807, 2.05) is 6.92 Å². The zero-order chi connectivity index (χ0) is 20.4. The summed E-state index contributed by atoms with van der Waals surface area (Å²) in [5.41, 5.74) is 6.80. The summed E-state index contributed by atoms with van der Waals surface area (Å²) in [5, 5.41) is 1.29. The highest BCUT2D eigenvalue weighted by atomic mass is 35.5. The molecule has 0 radical (unpaired) electrons. The smallest absolute Gasteiger partial charge is 0.252 e. The first kappa shape index (κ1) is 20.5. The van der Waals surface area contributed by atoms with Gasteiger partial charge in [-0.15, -0.1) is 11.3 Å². The average molecular weight is 420 g/mol. The molecule has 0 saturated heterocycles. The highest BCUT2D eigenvalue weighted by Gasteiger charge is 2.20. The number of nitrogens with two attached hydrogens (primary N) is 1. The number of hydrogen-bond acceptors (Lipinski definition) is 5. The Morgan fingerprint density at radius 2 is 1.96 bits per heavy atom. The number of ether oxygens (including phenoxy) is 1. The van der Waals surface area contributed by atoms with E-state index < -0.39 is 5.91 Å². The third-order valence-electron chi connectivity index (χ3n) is 4.86. The molecule has 0 aliphatic heterocycles. The van der Waals surface area contributed by atoms with Gasteiger partial charge < -0.3 is 15.4 Å². The number of carbonyl (C=O) groups excluding carboxylic acids is 1. The molecule has 1 aromatic carbocycles. The number of fused-ring (bicyclic) bond motifs is 1. The van der Waals surface area contributed by atoms with Crippen LogP contribution in [0.25, 0.3) is 10.2 Å². The Morgan fingerprint density at radius 1 is 1.25 bits per heavy atom. The van der Waals surface area contributed by atoms with Crippen molar-refractivity contribution in [1.82, 2.24) is 9.97 Å². The number of nitrogens with one attached hydrogen (secondary N) is 1. The van der Waals surface area contributed by atoms with Crippen molar-refractivity contribution in [3.8, 4) is 11.6 Å². The summed E-state index contributed by atoms with van der Waals surface area (Å²) in [6.45, 7) is 11.0. The first-order valence-corrected chi connectivity index (χ1v) is 10.4. The van der Waals surface area contributed by atoms with Crippen molar-refractivity contribution in [2.24, 2.45) is 5.73 Å². The summed E-state index contributed by atoms with van der Waals surface area (Å²) >= 11 is 7.63. The molecule has 3 aromatic rings. The van der Waals surface area contributed by atoms with Crippen LogP contribution in [0.5, 0.6) is 11.6 Å². The summed E-state index contributed by atoms with van der Waals surface area (Å²) in [6, 6.07) is 4.80. The molecule has 2 heterocycles. The van der Waals surface area contributed by atoms with Crippen LogP contribution in [-0.4, -0.2) is 29.0 Å². The van der Waals surface area contributed by atoms with Crippen LogP contribution in [0.1, 0.15) is 40.5 Å². The quantitative estimate of drug-likeness (QED) is 0.615. The van der Waals surface area contributed by atoms with E-state index in [9.17, 15) is 4.79 Å². The molecule has 0 aliphatic carbocycles. The number of amides is 1. The predicted octanol–water partition coefficient (Wildman–Crippen LogP) is 3.28. The van der Waals surface area contributed by atoms with E-state index in [0.29, 0.717) is 23.2 Å². The van der Waals surface area contributed by atoms with Crippen LogP contribution in [0.3, 0.4) is 0 Å². The number of aryl methyl sites for hydroxylation is 2. The largest absolute Gasteiger partial charge is 0.437 e. The van der Waals surface area contributed by atoms with E-state index in [-0.39, 0.29) is 5.56 Å². The fraction of sp³-hybridized carbons (Fsp3) is 0.350. The van der Waals surface area contributed by atoms with Crippen LogP contribution >= 0.6 is 22.9 Å². The van der Waals surface area contributed by atoms with Crippen LogP contribution in [0.4, 0.5) is 0 Å². The molecule has 6 nitrogen and oxygen atoms in total. The van der Waals surface area contributed by atoms with E-state index in [2.05, 4.69) is 20.8 Å². The van der Waals surface area contributed by atoms with Crippen molar-refractivity contribution in [3.63, 3.8) is 0 Å². The number of thiophene rings is 1. The predicted molar refractivity (Wildman–Crippen MR) is 113 cm³/mol. The van der Waals surface area contributed by atoms with Crippen LogP contribution < -0.4 is 15.4 Å². The number of carbonyl (C=O) groups is 1. The third-order valence-corrected chi connectivity index (χ3v) is 6.20. The number of benzene rings is 1. The van der Waals surface area contributed by atoms with Gasteiger partial charge in [0, 0.05) is 9.90 Å². The van der Waals surface area contributed by atoms with Gasteiger partial charge in [-0.2, -0.15) is 4.98 Å². The van der Waals surface area contributed by atoms with Crippen molar-refractivity contribution in [1.29, 1.82) is 0 Å². The monoisotopic (exact) mass is 419 g/mol. The van der Waals surface area contributed by atoms with E-state index in [1.54, 1.807) is 23.5 Å². The average Bonchev–Trinajstić information content (AvgIpc) is 2.95. The minimum atomic E-state index is -0.603. The van der Waals surface area contributed by atoms with E-state index in [0.717, 1.165) is 39.6 Å². The molecule has 0 atom stereocenters. The standard InChI is InChI=1S/C20H23ClN4O2S/c1-5-25(6-2)10-16-23-19(17-11(3)12(4)28-20(17)24-16)27-15-8-7-13(21)9-14(15)18(22)26/h7-9H,5-6,10H2,1-4H3,(H2,22,26)/p+1. The van der Waals surface area contributed by atoms with Crippen LogP contribution in [0.2, 0.25) is 5.02 Å². The molecule has 0 aliphatic rings. The van der Waals surface area contributed by atoms with Gasteiger partial charge in [-0.3, -0.25) is 4.79 Å². The molecule has 0 saturated carbocycles. The minimum Gasteiger partial charge on any atom is -0.437 e. The summed E-state index contributed by atoms with van der Waals surface area (Å²) in [6.07, 6.45) is 0. The van der Waals surface area contributed by atoms with Crippen molar-refractivity contribution in [3.05, 3.63) is 45.1 Å². The van der Waals surface area contributed by atoms with Crippen LogP contribution in [0, 0.1) is 13.8 Å². The maximum atomic E-state index is 11.8. The molecular formula is C20H24ClN4O2S+. The molecule has 1 amide bonds. The molecule has 0 unspecified atom stereocenters. The van der Waals surface area contributed by atoms with Gasteiger partial charge in [0.25, 0.3) is 5.91 Å². The van der Waals surface area contributed by atoms with E-state index in [1.165, 1.54) is 11.0 Å². The highest BCUT2D eigenvalue weighted by molar-refractivity contribution is 7.18. The van der Waals surface area contributed by atoms with Gasteiger partial charge in [0.1, 0.15) is 17.1 Å². The number of halogens is 1. The molecule has 3 N–H and O–H groups in total. The number of primary amides is 1. The molecule has 0 fully saturated rings. The van der Waals surface area contributed by atoms with Gasteiger partial charge in [0.15, 0.2) is 5.82 Å². The number of hydrogen-bond donors (Lipinski definition) is 2. The zero-order valence-corrected chi connectivity index (χ0v) is 18.0. The number of aromatic nitrogens is 2. The van der Waals surface area contributed by atoms with Gasteiger partial charge in [-0.25, -0.2) is 4.98 Å². The molecule has 2 aromatic heterocycles. The van der Waals surface area contributed by atoms with Crippen LogP contribution in [0.15, 0.2) is 18.2 Å².